The van der Waals surface area contributed by atoms with Gasteiger partial charge < -0.3 is 9.80 Å². The molecule has 3 amide bonds. The van der Waals surface area contributed by atoms with Gasteiger partial charge in [-0.3, -0.25) is 25.2 Å². The van der Waals surface area contributed by atoms with Crippen molar-refractivity contribution < 1.29 is 14.4 Å². The molecule has 0 aliphatic carbocycles. The second-order valence-electron chi connectivity index (χ2n) is 8.84. The van der Waals surface area contributed by atoms with Crippen molar-refractivity contribution in [3.05, 3.63) is 80.8 Å². The first-order valence-corrected chi connectivity index (χ1v) is 12.9. The van der Waals surface area contributed by atoms with Crippen LogP contribution in [-0.2, 0) is 11.2 Å². The number of thiazole rings is 1. The second kappa shape index (κ2) is 11.5. The number of nitrogens with one attached hydrogen (secondary N) is 2. The molecule has 1 aliphatic heterocycles. The summed E-state index contributed by atoms with van der Waals surface area (Å²) in [5.74, 6) is -0.625. The normalized spacial score (nSPS) is 13.8. The van der Waals surface area contributed by atoms with Crippen molar-refractivity contribution in [2.45, 2.75) is 25.2 Å². The number of carbonyl (C=O) groups is 3. The van der Waals surface area contributed by atoms with Gasteiger partial charge in [0.2, 0.25) is 5.91 Å². The van der Waals surface area contributed by atoms with E-state index in [9.17, 15) is 14.4 Å². The maximum atomic E-state index is 12.7. The molecular weight excluding hydrogens is 498 g/mol. The van der Waals surface area contributed by atoms with Gasteiger partial charge in [0.1, 0.15) is 5.69 Å². The average Bonchev–Trinajstić information content (AvgIpc) is 3.39. The van der Waals surface area contributed by atoms with Crippen LogP contribution in [0, 0.1) is 0 Å². The Morgan fingerprint density at radius 3 is 2.36 bits per heavy atom. The molecule has 2 aromatic carbocycles. The van der Waals surface area contributed by atoms with Crippen LogP contribution in [0.3, 0.4) is 0 Å². The van der Waals surface area contributed by atoms with Crippen LogP contribution in [-0.4, -0.2) is 54.8 Å². The standard InChI is InChI=1S/C26H28ClN5O3S/c1-31(2)20-9-7-17(8-10-20)24(34)29-30-25(35)22-16-36-26(28-22)18-11-13-32(14-12-18)23(33)15-19-5-3-4-6-21(19)27/h3-10,16,18H,11-15H2,1-2H3,(H,29,34)(H,30,35). The molecule has 0 bridgehead atoms. The molecule has 0 unspecified atom stereocenters. The van der Waals surface area contributed by atoms with E-state index in [0.717, 1.165) is 29.1 Å². The zero-order valence-electron chi connectivity index (χ0n) is 20.2. The lowest BCUT2D eigenvalue weighted by Gasteiger charge is -2.31. The number of likely N-dealkylation sites (tertiary alicyclic amines) is 1. The van der Waals surface area contributed by atoms with E-state index in [0.29, 0.717) is 23.7 Å². The van der Waals surface area contributed by atoms with Crippen LogP contribution in [0.1, 0.15) is 50.2 Å². The summed E-state index contributed by atoms with van der Waals surface area (Å²) in [4.78, 5) is 45.8. The molecule has 3 aromatic rings. The van der Waals surface area contributed by atoms with Gasteiger partial charge in [0.25, 0.3) is 11.8 Å². The Kier molecular flexibility index (Phi) is 8.22. The van der Waals surface area contributed by atoms with Crippen LogP contribution in [0.2, 0.25) is 5.02 Å². The Labute approximate surface area is 219 Å². The first-order chi connectivity index (χ1) is 17.3. The molecule has 188 valence electrons. The van der Waals surface area contributed by atoms with E-state index >= 15 is 0 Å². The summed E-state index contributed by atoms with van der Waals surface area (Å²) in [6.45, 7) is 1.27. The van der Waals surface area contributed by atoms with Gasteiger partial charge in [-0.15, -0.1) is 11.3 Å². The number of piperidine rings is 1. The quantitative estimate of drug-likeness (QED) is 0.476. The molecule has 1 saturated heterocycles. The molecule has 0 atom stereocenters. The van der Waals surface area contributed by atoms with Crippen molar-refractivity contribution in [2.24, 2.45) is 0 Å². The summed E-state index contributed by atoms with van der Waals surface area (Å²) in [6, 6.07) is 14.5. The molecule has 10 heteroatoms. The van der Waals surface area contributed by atoms with Crippen molar-refractivity contribution in [1.29, 1.82) is 0 Å². The fourth-order valence-corrected chi connectivity index (χ4v) is 5.21. The predicted molar refractivity (Wildman–Crippen MR) is 142 cm³/mol. The number of benzene rings is 2. The minimum atomic E-state index is -0.469. The average molecular weight is 526 g/mol. The summed E-state index contributed by atoms with van der Waals surface area (Å²) in [5.41, 5.74) is 7.37. The second-order valence-corrected chi connectivity index (χ2v) is 10.1. The number of hydrogen-bond acceptors (Lipinski definition) is 6. The number of carbonyl (C=O) groups excluding carboxylic acids is 3. The highest BCUT2D eigenvalue weighted by Crippen LogP contribution is 2.30. The van der Waals surface area contributed by atoms with Crippen LogP contribution in [0.5, 0.6) is 0 Å². The number of amides is 3. The Morgan fingerprint density at radius 2 is 1.69 bits per heavy atom. The number of halogens is 1. The number of rotatable bonds is 6. The topological polar surface area (TPSA) is 94.6 Å². The van der Waals surface area contributed by atoms with Crippen molar-refractivity contribution in [3.8, 4) is 0 Å². The minimum Gasteiger partial charge on any atom is -0.378 e. The van der Waals surface area contributed by atoms with Gasteiger partial charge in [0.05, 0.1) is 11.4 Å². The Bertz CT molecular complexity index is 1240. The van der Waals surface area contributed by atoms with Crippen LogP contribution < -0.4 is 15.8 Å². The number of nitrogens with zero attached hydrogens (tertiary/aromatic N) is 3. The molecule has 0 saturated carbocycles. The zero-order chi connectivity index (χ0) is 25.7. The van der Waals surface area contributed by atoms with Gasteiger partial charge in [0, 0.05) is 54.8 Å². The monoisotopic (exact) mass is 525 g/mol. The molecule has 1 aromatic heterocycles. The highest BCUT2D eigenvalue weighted by molar-refractivity contribution is 7.09. The summed E-state index contributed by atoms with van der Waals surface area (Å²) in [5, 5.41) is 3.16. The van der Waals surface area contributed by atoms with Gasteiger partial charge >= 0.3 is 0 Å². The lowest BCUT2D eigenvalue weighted by molar-refractivity contribution is -0.131. The minimum absolute atomic E-state index is 0.0628. The SMILES string of the molecule is CN(C)c1ccc(C(=O)NNC(=O)c2csc(C3CCN(C(=O)Cc4ccccc4Cl)CC3)n2)cc1. The highest BCUT2D eigenvalue weighted by atomic mass is 35.5. The molecule has 1 fully saturated rings. The summed E-state index contributed by atoms with van der Waals surface area (Å²) >= 11 is 7.61. The van der Waals surface area contributed by atoms with Crippen LogP contribution >= 0.6 is 22.9 Å². The maximum Gasteiger partial charge on any atom is 0.289 e. The van der Waals surface area contributed by atoms with E-state index < -0.39 is 11.8 Å². The number of hydrogen-bond donors (Lipinski definition) is 2. The van der Waals surface area contributed by atoms with Gasteiger partial charge in [-0.05, 0) is 48.7 Å². The molecular formula is C26H28ClN5O3S. The van der Waals surface area contributed by atoms with E-state index in [1.54, 1.807) is 23.6 Å². The van der Waals surface area contributed by atoms with Gasteiger partial charge in [-0.1, -0.05) is 29.8 Å². The highest BCUT2D eigenvalue weighted by Gasteiger charge is 2.26. The van der Waals surface area contributed by atoms with Crippen LogP contribution in [0.15, 0.2) is 53.9 Å². The summed E-state index contributed by atoms with van der Waals surface area (Å²) in [7, 11) is 3.84. The smallest absolute Gasteiger partial charge is 0.289 e. The van der Waals surface area contributed by atoms with Gasteiger partial charge in [-0.25, -0.2) is 4.98 Å². The first kappa shape index (κ1) is 25.7. The third-order valence-corrected chi connectivity index (χ3v) is 7.56. The molecule has 1 aliphatic rings. The molecule has 2 N–H and O–H groups in total. The Hall–Kier alpha value is -3.43. The molecule has 8 nitrogen and oxygen atoms in total. The van der Waals surface area contributed by atoms with Crippen molar-refractivity contribution in [3.63, 3.8) is 0 Å². The van der Waals surface area contributed by atoms with E-state index in [-0.39, 0.29) is 23.9 Å². The van der Waals surface area contributed by atoms with E-state index in [1.165, 1.54) is 11.3 Å². The van der Waals surface area contributed by atoms with Gasteiger partial charge in [0.15, 0.2) is 0 Å². The molecule has 0 radical (unpaired) electrons. The first-order valence-electron chi connectivity index (χ1n) is 11.7. The molecule has 36 heavy (non-hydrogen) atoms. The summed E-state index contributed by atoms with van der Waals surface area (Å²) in [6.07, 6.45) is 1.85. The van der Waals surface area contributed by atoms with Gasteiger partial charge in [-0.2, -0.15) is 0 Å². The fraction of sp³-hybridized carbons (Fsp3) is 0.308. The zero-order valence-corrected chi connectivity index (χ0v) is 21.7. The lowest BCUT2D eigenvalue weighted by atomic mass is 9.97. The third-order valence-electron chi connectivity index (χ3n) is 6.19. The molecule has 0 spiro atoms. The predicted octanol–water partition coefficient (Wildman–Crippen LogP) is 3.89. The fourth-order valence-electron chi connectivity index (χ4n) is 4.03. The molecule has 4 rings (SSSR count). The van der Waals surface area contributed by atoms with E-state index in [1.807, 2.05) is 54.2 Å². The summed E-state index contributed by atoms with van der Waals surface area (Å²) < 4.78 is 0. The van der Waals surface area contributed by atoms with Crippen molar-refractivity contribution >= 4 is 46.3 Å². The van der Waals surface area contributed by atoms with Crippen LogP contribution in [0.4, 0.5) is 5.69 Å². The van der Waals surface area contributed by atoms with Crippen molar-refractivity contribution in [2.75, 3.05) is 32.1 Å². The Balaban J connectivity index is 1.26. The number of hydrazine groups is 1. The molecule has 2 heterocycles. The third kappa shape index (κ3) is 6.22. The van der Waals surface area contributed by atoms with Crippen molar-refractivity contribution in [1.82, 2.24) is 20.7 Å². The number of anilines is 1. The number of aromatic nitrogens is 1. The lowest BCUT2D eigenvalue weighted by Crippen LogP contribution is -2.41. The Morgan fingerprint density at radius 1 is 1.03 bits per heavy atom. The largest absolute Gasteiger partial charge is 0.378 e. The van der Waals surface area contributed by atoms with E-state index in [2.05, 4.69) is 15.8 Å². The van der Waals surface area contributed by atoms with Crippen LogP contribution in [0.25, 0.3) is 0 Å². The maximum absolute atomic E-state index is 12.7. The van der Waals surface area contributed by atoms with E-state index in [4.69, 9.17) is 11.6 Å².